The van der Waals surface area contributed by atoms with Gasteiger partial charge in [0.05, 0.1) is 0 Å². The fourth-order valence-electron chi connectivity index (χ4n) is 2.26. The Morgan fingerprint density at radius 2 is 1.77 bits per heavy atom. The second-order valence-electron chi connectivity index (χ2n) is 5.20. The van der Waals surface area contributed by atoms with Crippen LogP contribution in [0.4, 0.5) is 13.2 Å². The summed E-state index contributed by atoms with van der Waals surface area (Å²) in [5.74, 6) is -0.734. The van der Waals surface area contributed by atoms with Gasteiger partial charge in [0, 0.05) is 6.42 Å². The molecule has 0 aromatic heterocycles. The summed E-state index contributed by atoms with van der Waals surface area (Å²) in [6.07, 6.45) is -4.06. The van der Waals surface area contributed by atoms with Crippen molar-refractivity contribution in [1.82, 2.24) is 0 Å². The second-order valence-corrected chi connectivity index (χ2v) is 5.20. The van der Waals surface area contributed by atoms with Gasteiger partial charge in [0.15, 0.2) is 5.60 Å². The number of Topliss-reactive ketones (excluding diaryl/α,β-unsaturated/α-hetero) is 1. The van der Waals surface area contributed by atoms with Crippen LogP contribution < -0.4 is 0 Å². The van der Waals surface area contributed by atoms with E-state index in [0.29, 0.717) is 11.6 Å². The van der Waals surface area contributed by atoms with Gasteiger partial charge in [0.2, 0.25) is 0 Å². The van der Waals surface area contributed by atoms with Gasteiger partial charge in [0.1, 0.15) is 5.78 Å². The average Bonchev–Trinajstić information content (AvgIpc) is 2.43. The Hall–Kier alpha value is -2.14. The molecule has 2 aromatic rings. The Morgan fingerprint density at radius 3 is 2.41 bits per heavy atom. The predicted octanol–water partition coefficient (Wildman–Crippen LogP) is 4.13. The number of aliphatic hydroxyl groups is 1. The van der Waals surface area contributed by atoms with Crippen molar-refractivity contribution >= 4 is 22.6 Å². The predicted molar refractivity (Wildman–Crippen MR) is 79.3 cm³/mol. The van der Waals surface area contributed by atoms with Crippen LogP contribution in [-0.2, 0) is 4.79 Å². The van der Waals surface area contributed by atoms with E-state index in [-0.39, 0.29) is 0 Å². The Bertz CT molecular complexity index is 714. The van der Waals surface area contributed by atoms with E-state index < -0.39 is 24.0 Å². The Kier molecular flexibility index (Phi) is 4.37. The third-order valence-corrected chi connectivity index (χ3v) is 3.37. The summed E-state index contributed by atoms with van der Waals surface area (Å²) in [6.45, 7) is 1.02. The molecule has 0 radical (unpaired) electrons. The number of halogens is 3. The molecule has 2 nitrogen and oxygen atoms in total. The summed E-state index contributed by atoms with van der Waals surface area (Å²) in [4.78, 5) is 11.0. The number of hydrogen-bond acceptors (Lipinski definition) is 2. The molecule has 0 unspecified atom stereocenters. The van der Waals surface area contributed by atoms with Gasteiger partial charge in [0.25, 0.3) is 0 Å². The number of benzene rings is 2. The van der Waals surface area contributed by atoms with Crippen LogP contribution in [0.2, 0.25) is 0 Å². The minimum absolute atomic E-state index is 0.546. The molecule has 2 aromatic carbocycles. The first kappa shape index (κ1) is 16.2. The third-order valence-electron chi connectivity index (χ3n) is 3.37. The van der Waals surface area contributed by atoms with Crippen LogP contribution >= 0.6 is 0 Å². The fourth-order valence-corrected chi connectivity index (χ4v) is 2.26. The Morgan fingerprint density at radius 1 is 1.14 bits per heavy atom. The van der Waals surface area contributed by atoms with Crippen LogP contribution in [0, 0.1) is 0 Å². The van der Waals surface area contributed by atoms with Crippen LogP contribution in [-0.4, -0.2) is 22.7 Å². The number of carbonyl (C=O) groups is 1. The van der Waals surface area contributed by atoms with E-state index in [2.05, 4.69) is 0 Å². The minimum atomic E-state index is -4.92. The first-order valence-corrected chi connectivity index (χ1v) is 6.68. The molecule has 0 spiro atoms. The first-order chi connectivity index (χ1) is 10.2. The molecule has 22 heavy (non-hydrogen) atoms. The fraction of sp³-hybridized carbons (Fsp3) is 0.235. The molecule has 0 saturated heterocycles. The summed E-state index contributed by atoms with van der Waals surface area (Å²) in [7, 11) is 0. The van der Waals surface area contributed by atoms with E-state index in [4.69, 9.17) is 0 Å². The first-order valence-electron chi connectivity index (χ1n) is 6.68. The molecule has 1 atom stereocenters. The van der Waals surface area contributed by atoms with E-state index in [9.17, 15) is 23.1 Å². The maximum Gasteiger partial charge on any atom is 0.421 e. The third kappa shape index (κ3) is 3.36. The monoisotopic (exact) mass is 308 g/mol. The molecule has 0 fully saturated rings. The van der Waals surface area contributed by atoms with Gasteiger partial charge in [-0.2, -0.15) is 13.2 Å². The van der Waals surface area contributed by atoms with Crippen LogP contribution in [0.15, 0.2) is 48.5 Å². The maximum absolute atomic E-state index is 13.0. The normalized spacial score (nSPS) is 15.1. The molecule has 0 saturated carbocycles. The lowest BCUT2D eigenvalue weighted by Crippen LogP contribution is -2.44. The van der Waals surface area contributed by atoms with Gasteiger partial charge in [-0.05, 0) is 29.3 Å². The molecular weight excluding hydrogens is 293 g/mol. The summed E-state index contributed by atoms with van der Waals surface area (Å²) >= 11 is 0. The molecule has 116 valence electrons. The zero-order valence-electron chi connectivity index (χ0n) is 11.9. The Labute approximate surface area is 125 Å². The quantitative estimate of drug-likeness (QED) is 0.922. The zero-order valence-corrected chi connectivity index (χ0v) is 11.9. The largest absolute Gasteiger partial charge is 0.421 e. The van der Waals surface area contributed by atoms with E-state index in [0.717, 1.165) is 17.7 Å². The van der Waals surface area contributed by atoms with E-state index in [1.165, 1.54) is 6.08 Å². The SMILES string of the molecule is CC(=O)C[C@](O)(/C=C/c1cccc2ccccc12)C(F)(F)F. The maximum atomic E-state index is 13.0. The highest BCUT2D eigenvalue weighted by atomic mass is 19.4. The van der Waals surface area contributed by atoms with Gasteiger partial charge >= 0.3 is 6.18 Å². The van der Waals surface area contributed by atoms with Crippen molar-refractivity contribution in [2.45, 2.75) is 25.1 Å². The number of rotatable bonds is 4. The number of ketones is 1. The lowest BCUT2D eigenvalue weighted by atomic mass is 9.94. The average molecular weight is 308 g/mol. The van der Waals surface area contributed by atoms with Crippen LogP contribution in [0.1, 0.15) is 18.9 Å². The van der Waals surface area contributed by atoms with Crippen molar-refractivity contribution in [2.75, 3.05) is 0 Å². The number of fused-ring (bicyclic) bond motifs is 1. The minimum Gasteiger partial charge on any atom is -0.376 e. The molecule has 0 aliphatic carbocycles. The molecule has 5 heteroatoms. The van der Waals surface area contributed by atoms with Gasteiger partial charge in [-0.25, -0.2) is 0 Å². The van der Waals surface area contributed by atoms with Crippen molar-refractivity contribution in [3.8, 4) is 0 Å². The molecule has 0 bridgehead atoms. The van der Waals surface area contributed by atoms with Crippen LogP contribution in [0.3, 0.4) is 0 Å². The molecule has 0 aliphatic rings. The summed E-state index contributed by atoms with van der Waals surface area (Å²) in [5.41, 5.74) is -2.61. The molecule has 0 heterocycles. The van der Waals surface area contributed by atoms with Crippen molar-refractivity contribution in [1.29, 1.82) is 0 Å². The molecule has 2 rings (SSSR count). The van der Waals surface area contributed by atoms with E-state index >= 15 is 0 Å². The summed E-state index contributed by atoms with van der Waals surface area (Å²) in [6, 6.07) is 12.5. The van der Waals surface area contributed by atoms with Crippen LogP contribution in [0.25, 0.3) is 16.8 Å². The zero-order chi connectivity index (χ0) is 16.4. The van der Waals surface area contributed by atoms with Crippen molar-refractivity contribution < 1.29 is 23.1 Å². The summed E-state index contributed by atoms with van der Waals surface area (Å²) < 4.78 is 39.1. The molecular formula is C17H15F3O2. The van der Waals surface area contributed by atoms with Gasteiger partial charge in [-0.1, -0.05) is 48.5 Å². The lowest BCUT2D eigenvalue weighted by molar-refractivity contribution is -0.240. The van der Waals surface area contributed by atoms with E-state index in [1.54, 1.807) is 24.3 Å². The van der Waals surface area contributed by atoms with Gasteiger partial charge in [-0.15, -0.1) is 0 Å². The van der Waals surface area contributed by atoms with Crippen molar-refractivity contribution in [3.05, 3.63) is 54.1 Å². The molecule has 1 N–H and O–H groups in total. The molecule has 0 amide bonds. The lowest BCUT2D eigenvalue weighted by Gasteiger charge is -2.26. The smallest absolute Gasteiger partial charge is 0.376 e. The number of carbonyl (C=O) groups excluding carboxylic acids is 1. The second kappa shape index (κ2) is 5.93. The standard InChI is InChI=1S/C17H15F3O2/c1-12(21)11-16(22,17(18,19)20)10-9-14-7-4-6-13-5-2-3-8-15(13)14/h2-10,22H,11H2,1H3/b10-9+/t16-/m1/s1. The van der Waals surface area contributed by atoms with E-state index in [1.807, 2.05) is 18.2 Å². The number of alkyl halides is 3. The highest BCUT2D eigenvalue weighted by Gasteiger charge is 2.52. The number of hydrogen-bond donors (Lipinski definition) is 1. The van der Waals surface area contributed by atoms with Crippen molar-refractivity contribution in [2.24, 2.45) is 0 Å². The van der Waals surface area contributed by atoms with Crippen LogP contribution in [0.5, 0.6) is 0 Å². The summed E-state index contributed by atoms with van der Waals surface area (Å²) in [5, 5.41) is 11.5. The highest BCUT2D eigenvalue weighted by Crippen LogP contribution is 2.35. The highest BCUT2D eigenvalue weighted by molar-refractivity contribution is 5.90. The van der Waals surface area contributed by atoms with Gasteiger partial charge in [-0.3, -0.25) is 4.79 Å². The molecule has 0 aliphatic heterocycles. The Balaban J connectivity index is 2.45. The van der Waals surface area contributed by atoms with Crippen molar-refractivity contribution in [3.63, 3.8) is 0 Å². The topological polar surface area (TPSA) is 37.3 Å². The van der Waals surface area contributed by atoms with Gasteiger partial charge < -0.3 is 5.11 Å².